The van der Waals surface area contributed by atoms with Crippen molar-refractivity contribution in [3.05, 3.63) is 109 Å². The average Bonchev–Trinajstić information content (AvgIpc) is 3.19. The zero-order valence-corrected chi connectivity index (χ0v) is 35.6. The second-order valence-electron chi connectivity index (χ2n) is 14.4. The standard InChI is InChI=1S/C51H84O4/c1-3-5-7-9-11-13-15-17-19-21-23-24-25-26-27-29-31-33-35-37-39-41-43-45-47-54-49-50(48-52)55-51(53)46-44-42-40-38-36-34-32-30-28-22-20-18-16-14-12-10-8-6-4-2/h5-8,11-14,17-20,23-24,28,30,34,36,50,52H,3-4,9-10,15-16,21-22,25-27,29,31-33,35,37-49H2,1-2H3/b7-5-,8-6-,13-11-,14-12-,19-17-,20-18-,24-23-,30-28-,36-34-. The molecule has 0 saturated carbocycles. The number of hydrogen-bond donors (Lipinski definition) is 1. The van der Waals surface area contributed by atoms with E-state index in [1.165, 1.54) is 70.6 Å². The van der Waals surface area contributed by atoms with Crippen molar-refractivity contribution < 1.29 is 19.4 Å². The summed E-state index contributed by atoms with van der Waals surface area (Å²) in [5, 5.41) is 9.62. The molecule has 0 spiro atoms. The molecule has 0 aliphatic carbocycles. The molecule has 0 aliphatic rings. The largest absolute Gasteiger partial charge is 0.457 e. The average molecular weight is 761 g/mol. The smallest absolute Gasteiger partial charge is 0.306 e. The zero-order valence-electron chi connectivity index (χ0n) is 35.6. The van der Waals surface area contributed by atoms with Gasteiger partial charge in [0.1, 0.15) is 6.10 Å². The molecule has 312 valence electrons. The first kappa shape index (κ1) is 52.1. The molecule has 0 bridgehead atoms. The number of aliphatic hydroxyl groups is 1. The molecule has 0 saturated heterocycles. The van der Waals surface area contributed by atoms with E-state index in [1.54, 1.807) is 0 Å². The van der Waals surface area contributed by atoms with Crippen molar-refractivity contribution in [2.24, 2.45) is 0 Å². The molecule has 0 fully saturated rings. The Bertz CT molecular complexity index is 1070. The third kappa shape index (κ3) is 45.3. The van der Waals surface area contributed by atoms with Crippen LogP contribution in [0.1, 0.15) is 181 Å². The topological polar surface area (TPSA) is 55.8 Å². The summed E-state index contributed by atoms with van der Waals surface area (Å²) in [5.41, 5.74) is 0. The van der Waals surface area contributed by atoms with Crippen LogP contribution in [0.5, 0.6) is 0 Å². The van der Waals surface area contributed by atoms with Crippen LogP contribution < -0.4 is 0 Å². The summed E-state index contributed by atoms with van der Waals surface area (Å²) in [6.07, 6.45) is 68.7. The molecular weight excluding hydrogens is 677 g/mol. The molecule has 0 aromatic rings. The molecule has 4 heteroatoms. The van der Waals surface area contributed by atoms with Gasteiger partial charge in [0.15, 0.2) is 0 Å². The maximum absolute atomic E-state index is 12.2. The molecule has 0 aliphatic heterocycles. The Balaban J connectivity index is 3.52. The minimum Gasteiger partial charge on any atom is -0.457 e. The predicted molar refractivity (Wildman–Crippen MR) is 241 cm³/mol. The fourth-order valence-electron chi connectivity index (χ4n) is 5.82. The lowest BCUT2D eigenvalue weighted by Gasteiger charge is -2.15. The summed E-state index contributed by atoms with van der Waals surface area (Å²) in [4.78, 5) is 12.2. The van der Waals surface area contributed by atoms with Crippen molar-refractivity contribution in [3.63, 3.8) is 0 Å². The first-order valence-electron chi connectivity index (χ1n) is 22.5. The lowest BCUT2D eigenvalue weighted by molar-refractivity contribution is -0.154. The van der Waals surface area contributed by atoms with Crippen LogP contribution in [0.2, 0.25) is 0 Å². The van der Waals surface area contributed by atoms with Gasteiger partial charge in [-0.3, -0.25) is 4.79 Å². The first-order valence-corrected chi connectivity index (χ1v) is 22.5. The quantitative estimate of drug-likeness (QED) is 0.0384. The van der Waals surface area contributed by atoms with Gasteiger partial charge in [-0.2, -0.15) is 0 Å². The van der Waals surface area contributed by atoms with Gasteiger partial charge in [0, 0.05) is 13.0 Å². The molecule has 0 aromatic carbocycles. The molecule has 0 heterocycles. The van der Waals surface area contributed by atoms with Crippen LogP contribution >= 0.6 is 0 Å². The lowest BCUT2D eigenvalue weighted by Crippen LogP contribution is -2.27. The molecule has 0 rings (SSSR count). The first-order chi connectivity index (χ1) is 27.2. The third-order valence-electron chi connectivity index (χ3n) is 9.09. The fraction of sp³-hybridized carbons (Fsp3) is 0.627. The Morgan fingerprint density at radius 1 is 0.436 bits per heavy atom. The van der Waals surface area contributed by atoms with E-state index >= 15 is 0 Å². The molecule has 55 heavy (non-hydrogen) atoms. The van der Waals surface area contributed by atoms with Gasteiger partial charge in [-0.1, -0.05) is 187 Å². The Hall–Kier alpha value is -2.95. The minimum atomic E-state index is -0.562. The number of ether oxygens (including phenoxy) is 2. The summed E-state index contributed by atoms with van der Waals surface area (Å²) in [7, 11) is 0. The number of unbranched alkanes of at least 4 members (excludes halogenated alkanes) is 14. The van der Waals surface area contributed by atoms with Crippen molar-refractivity contribution in [1.29, 1.82) is 0 Å². The summed E-state index contributed by atoms with van der Waals surface area (Å²) in [6, 6.07) is 0. The van der Waals surface area contributed by atoms with Crippen molar-refractivity contribution in [2.75, 3.05) is 19.8 Å². The second-order valence-corrected chi connectivity index (χ2v) is 14.4. The van der Waals surface area contributed by atoms with Crippen molar-refractivity contribution in [3.8, 4) is 0 Å². The normalized spacial score (nSPS) is 13.4. The van der Waals surface area contributed by atoms with Gasteiger partial charge in [0.25, 0.3) is 0 Å². The van der Waals surface area contributed by atoms with E-state index < -0.39 is 6.10 Å². The van der Waals surface area contributed by atoms with E-state index in [2.05, 4.69) is 123 Å². The number of carbonyl (C=O) groups is 1. The van der Waals surface area contributed by atoms with E-state index in [1.807, 2.05) is 0 Å². The molecule has 1 N–H and O–H groups in total. The highest BCUT2D eigenvalue weighted by molar-refractivity contribution is 5.69. The molecule has 0 aromatic heterocycles. The lowest BCUT2D eigenvalue weighted by atomic mass is 10.1. The van der Waals surface area contributed by atoms with Gasteiger partial charge in [-0.05, 0) is 96.3 Å². The highest BCUT2D eigenvalue weighted by Crippen LogP contribution is 2.13. The molecule has 1 unspecified atom stereocenters. The van der Waals surface area contributed by atoms with Gasteiger partial charge in [-0.15, -0.1) is 0 Å². The van der Waals surface area contributed by atoms with Crippen molar-refractivity contribution >= 4 is 5.97 Å². The SMILES string of the molecule is CC/C=C\C/C=C\C/C=C\C/C=C\C/C=C\CCCCCC(=O)OC(CO)COCCCCCCCCCCCCC/C=C\C/C=C\C/C=C\C/C=C\CC. The summed E-state index contributed by atoms with van der Waals surface area (Å²) >= 11 is 0. The van der Waals surface area contributed by atoms with Crippen LogP contribution in [0, 0.1) is 0 Å². The van der Waals surface area contributed by atoms with Crippen LogP contribution in [0.3, 0.4) is 0 Å². The van der Waals surface area contributed by atoms with Crippen molar-refractivity contribution in [2.45, 2.75) is 187 Å². The Morgan fingerprint density at radius 3 is 1.15 bits per heavy atom. The highest BCUT2D eigenvalue weighted by Gasteiger charge is 2.13. The van der Waals surface area contributed by atoms with Gasteiger partial charge in [0.05, 0.1) is 13.2 Å². The Morgan fingerprint density at radius 2 is 0.764 bits per heavy atom. The number of carbonyl (C=O) groups excluding carboxylic acids is 1. The highest BCUT2D eigenvalue weighted by atomic mass is 16.6. The van der Waals surface area contributed by atoms with Crippen LogP contribution in [-0.4, -0.2) is 37.0 Å². The van der Waals surface area contributed by atoms with Gasteiger partial charge in [-0.25, -0.2) is 0 Å². The number of esters is 1. The summed E-state index contributed by atoms with van der Waals surface area (Å²) in [6.45, 7) is 5.06. The number of hydrogen-bond acceptors (Lipinski definition) is 4. The van der Waals surface area contributed by atoms with E-state index in [-0.39, 0.29) is 19.2 Å². The van der Waals surface area contributed by atoms with Crippen LogP contribution in [0.15, 0.2) is 109 Å². The van der Waals surface area contributed by atoms with E-state index in [0.29, 0.717) is 13.0 Å². The summed E-state index contributed by atoms with van der Waals surface area (Å²) in [5.74, 6) is -0.237. The molecule has 4 nitrogen and oxygen atoms in total. The van der Waals surface area contributed by atoms with Crippen molar-refractivity contribution in [1.82, 2.24) is 0 Å². The van der Waals surface area contributed by atoms with Gasteiger partial charge >= 0.3 is 5.97 Å². The summed E-state index contributed by atoms with van der Waals surface area (Å²) < 4.78 is 11.2. The van der Waals surface area contributed by atoms with Crippen LogP contribution in [-0.2, 0) is 14.3 Å². The molecule has 1 atom stereocenters. The zero-order chi connectivity index (χ0) is 39.8. The molecule has 0 radical (unpaired) electrons. The molecule has 0 amide bonds. The number of rotatable bonds is 40. The molecular formula is C51H84O4. The number of aliphatic hydroxyl groups excluding tert-OH is 1. The third-order valence-corrected chi connectivity index (χ3v) is 9.09. The van der Waals surface area contributed by atoms with Gasteiger partial charge < -0.3 is 14.6 Å². The monoisotopic (exact) mass is 761 g/mol. The second kappa shape index (κ2) is 47.2. The fourth-order valence-corrected chi connectivity index (χ4v) is 5.82. The maximum Gasteiger partial charge on any atom is 0.306 e. The predicted octanol–water partition coefficient (Wildman–Crippen LogP) is 15.1. The van der Waals surface area contributed by atoms with E-state index in [9.17, 15) is 9.90 Å². The van der Waals surface area contributed by atoms with E-state index in [0.717, 1.165) is 89.9 Å². The van der Waals surface area contributed by atoms with Crippen LogP contribution in [0.25, 0.3) is 0 Å². The van der Waals surface area contributed by atoms with E-state index in [4.69, 9.17) is 9.47 Å². The van der Waals surface area contributed by atoms with Crippen LogP contribution in [0.4, 0.5) is 0 Å². The Labute approximate surface area is 340 Å². The van der Waals surface area contributed by atoms with Gasteiger partial charge in [0.2, 0.25) is 0 Å². The number of allylic oxidation sites excluding steroid dienone is 18. The maximum atomic E-state index is 12.2. The Kier molecular flexibility index (Phi) is 44.7. The minimum absolute atomic E-state index is 0.193.